The zero-order valence-electron chi connectivity index (χ0n) is 6.42. The van der Waals surface area contributed by atoms with E-state index in [4.69, 9.17) is 10.8 Å². The van der Waals surface area contributed by atoms with Crippen LogP contribution in [0.1, 0.15) is 12.8 Å². The summed E-state index contributed by atoms with van der Waals surface area (Å²) in [7, 11) is 0. The van der Waals surface area contributed by atoms with Crippen molar-refractivity contribution >= 4 is 5.97 Å². The molecule has 1 rings (SSSR count). The van der Waals surface area contributed by atoms with Gasteiger partial charge < -0.3 is 16.2 Å². The number of piperidine rings is 1. The first-order valence-electron chi connectivity index (χ1n) is 3.91. The smallest absolute Gasteiger partial charge is 0.320 e. The van der Waals surface area contributed by atoms with Crippen LogP contribution in [0.5, 0.6) is 0 Å². The molecule has 1 saturated heterocycles. The number of hydrogen-bond donors (Lipinski definition) is 3. The fraction of sp³-hybridized carbons (Fsp3) is 0.857. The third-order valence-electron chi connectivity index (χ3n) is 2.13. The summed E-state index contributed by atoms with van der Waals surface area (Å²) >= 11 is 0. The van der Waals surface area contributed by atoms with Crippen molar-refractivity contribution in [3.05, 3.63) is 0 Å². The number of nitrogens with two attached hydrogens (primary N) is 1. The van der Waals surface area contributed by atoms with Crippen molar-refractivity contribution in [2.75, 3.05) is 13.1 Å². The van der Waals surface area contributed by atoms with Gasteiger partial charge in [-0.2, -0.15) is 0 Å². The Morgan fingerprint density at radius 2 is 2.45 bits per heavy atom. The Morgan fingerprint density at radius 1 is 1.73 bits per heavy atom. The van der Waals surface area contributed by atoms with Gasteiger partial charge in [0.1, 0.15) is 6.04 Å². The summed E-state index contributed by atoms with van der Waals surface area (Å²) in [5, 5.41) is 11.7. The van der Waals surface area contributed by atoms with E-state index in [1.165, 1.54) is 0 Å². The minimum absolute atomic E-state index is 0.112. The minimum atomic E-state index is -0.890. The van der Waals surface area contributed by atoms with Gasteiger partial charge in [0.2, 0.25) is 0 Å². The summed E-state index contributed by atoms with van der Waals surface area (Å²) in [6.07, 6.45) is 1.96. The first kappa shape index (κ1) is 8.49. The molecule has 0 radical (unpaired) electrons. The summed E-state index contributed by atoms with van der Waals surface area (Å²) in [4.78, 5) is 10.4. The van der Waals surface area contributed by atoms with Gasteiger partial charge in [0.25, 0.3) is 0 Å². The van der Waals surface area contributed by atoms with Crippen LogP contribution in [0.15, 0.2) is 0 Å². The van der Waals surface area contributed by atoms with Crippen molar-refractivity contribution in [2.45, 2.75) is 18.9 Å². The molecule has 1 fully saturated rings. The van der Waals surface area contributed by atoms with E-state index in [1.807, 2.05) is 0 Å². The number of rotatable bonds is 2. The number of hydrogen-bond acceptors (Lipinski definition) is 3. The van der Waals surface area contributed by atoms with Crippen LogP contribution >= 0.6 is 0 Å². The lowest BCUT2D eigenvalue weighted by atomic mass is 9.92. The van der Waals surface area contributed by atoms with Crippen molar-refractivity contribution < 1.29 is 9.90 Å². The second kappa shape index (κ2) is 3.69. The molecule has 0 bridgehead atoms. The van der Waals surface area contributed by atoms with E-state index < -0.39 is 12.0 Å². The van der Waals surface area contributed by atoms with E-state index >= 15 is 0 Å². The van der Waals surface area contributed by atoms with Gasteiger partial charge in [-0.3, -0.25) is 4.79 Å². The molecule has 1 heterocycles. The molecule has 4 nitrogen and oxygen atoms in total. The Kier molecular flexibility index (Phi) is 2.84. The van der Waals surface area contributed by atoms with Gasteiger partial charge >= 0.3 is 5.97 Å². The molecule has 0 aromatic heterocycles. The van der Waals surface area contributed by atoms with Crippen LogP contribution in [0, 0.1) is 5.92 Å². The number of carbonyl (C=O) groups is 1. The zero-order valence-corrected chi connectivity index (χ0v) is 6.42. The summed E-state index contributed by atoms with van der Waals surface area (Å²) < 4.78 is 0. The SMILES string of the molecule is NC(C(=O)O)[C@H]1CCCNC1. The maximum atomic E-state index is 10.4. The average molecular weight is 158 g/mol. The monoisotopic (exact) mass is 158 g/mol. The molecule has 0 amide bonds. The Balaban J connectivity index is 2.38. The lowest BCUT2D eigenvalue weighted by molar-refractivity contribution is -0.140. The van der Waals surface area contributed by atoms with Crippen LogP contribution in [0.2, 0.25) is 0 Å². The van der Waals surface area contributed by atoms with E-state index in [0.717, 1.165) is 25.9 Å². The number of nitrogens with one attached hydrogen (secondary N) is 1. The molecule has 0 aromatic rings. The van der Waals surface area contributed by atoms with Crippen molar-refractivity contribution in [3.8, 4) is 0 Å². The second-order valence-corrected chi connectivity index (χ2v) is 2.97. The molecule has 4 heteroatoms. The molecule has 0 aliphatic carbocycles. The van der Waals surface area contributed by atoms with E-state index in [1.54, 1.807) is 0 Å². The third kappa shape index (κ3) is 2.17. The Hall–Kier alpha value is -0.610. The third-order valence-corrected chi connectivity index (χ3v) is 2.13. The van der Waals surface area contributed by atoms with Crippen LogP contribution < -0.4 is 11.1 Å². The summed E-state index contributed by atoms with van der Waals surface area (Å²) in [6.45, 7) is 1.73. The number of aliphatic carboxylic acids is 1. The Morgan fingerprint density at radius 3 is 2.91 bits per heavy atom. The van der Waals surface area contributed by atoms with Crippen LogP contribution in [-0.2, 0) is 4.79 Å². The molecular weight excluding hydrogens is 144 g/mol. The van der Waals surface area contributed by atoms with Gasteiger partial charge in [-0.1, -0.05) is 0 Å². The van der Waals surface area contributed by atoms with E-state index in [2.05, 4.69) is 5.32 Å². The molecule has 0 saturated carbocycles. The molecule has 1 unspecified atom stereocenters. The van der Waals surface area contributed by atoms with Gasteiger partial charge in [-0.25, -0.2) is 0 Å². The molecule has 4 N–H and O–H groups in total. The largest absolute Gasteiger partial charge is 0.480 e. The molecular formula is C7H14N2O2. The van der Waals surface area contributed by atoms with Crippen molar-refractivity contribution in [3.63, 3.8) is 0 Å². The van der Waals surface area contributed by atoms with Crippen LogP contribution in [0.4, 0.5) is 0 Å². The highest BCUT2D eigenvalue weighted by Gasteiger charge is 2.25. The topological polar surface area (TPSA) is 75.4 Å². The number of carboxylic acid groups (broad SMARTS) is 1. The van der Waals surface area contributed by atoms with Gasteiger partial charge in [0.15, 0.2) is 0 Å². The molecule has 2 atom stereocenters. The molecule has 11 heavy (non-hydrogen) atoms. The quantitative estimate of drug-likeness (QED) is 0.501. The molecule has 0 spiro atoms. The fourth-order valence-electron chi connectivity index (χ4n) is 1.39. The maximum absolute atomic E-state index is 10.4. The predicted molar refractivity (Wildman–Crippen MR) is 41.2 cm³/mol. The number of carboxylic acids is 1. The minimum Gasteiger partial charge on any atom is -0.480 e. The van der Waals surface area contributed by atoms with Gasteiger partial charge in [0, 0.05) is 6.54 Å². The predicted octanol–water partition coefficient (Wildman–Crippen LogP) is -0.602. The molecule has 0 aromatic carbocycles. The van der Waals surface area contributed by atoms with Crippen molar-refractivity contribution in [1.29, 1.82) is 0 Å². The first-order chi connectivity index (χ1) is 5.22. The van der Waals surface area contributed by atoms with Crippen molar-refractivity contribution in [2.24, 2.45) is 11.7 Å². The normalized spacial score (nSPS) is 27.9. The highest BCUT2D eigenvalue weighted by molar-refractivity contribution is 5.73. The lowest BCUT2D eigenvalue weighted by Gasteiger charge is -2.25. The van der Waals surface area contributed by atoms with E-state index in [9.17, 15) is 4.79 Å². The zero-order chi connectivity index (χ0) is 8.27. The van der Waals surface area contributed by atoms with E-state index in [-0.39, 0.29) is 5.92 Å². The van der Waals surface area contributed by atoms with Gasteiger partial charge in [-0.05, 0) is 25.3 Å². The fourth-order valence-corrected chi connectivity index (χ4v) is 1.39. The lowest BCUT2D eigenvalue weighted by Crippen LogP contribution is -2.45. The summed E-state index contributed by atoms with van der Waals surface area (Å²) in [5.74, 6) is -0.778. The van der Waals surface area contributed by atoms with Gasteiger partial charge in [0.05, 0.1) is 0 Å². The molecule has 1 aliphatic rings. The van der Waals surface area contributed by atoms with Crippen LogP contribution in [0.3, 0.4) is 0 Å². The van der Waals surface area contributed by atoms with Crippen LogP contribution in [-0.4, -0.2) is 30.2 Å². The molecule has 1 aliphatic heterocycles. The highest BCUT2D eigenvalue weighted by atomic mass is 16.4. The molecule has 64 valence electrons. The first-order valence-corrected chi connectivity index (χ1v) is 3.91. The van der Waals surface area contributed by atoms with Crippen LogP contribution in [0.25, 0.3) is 0 Å². The van der Waals surface area contributed by atoms with E-state index in [0.29, 0.717) is 0 Å². The van der Waals surface area contributed by atoms with Gasteiger partial charge in [-0.15, -0.1) is 0 Å². The Labute approximate surface area is 65.8 Å². The second-order valence-electron chi connectivity index (χ2n) is 2.97. The summed E-state index contributed by atoms with van der Waals surface area (Å²) in [6, 6.07) is -0.692. The average Bonchev–Trinajstić information content (AvgIpc) is 2.05. The summed E-state index contributed by atoms with van der Waals surface area (Å²) in [5.41, 5.74) is 5.45. The Bertz CT molecular complexity index is 143. The standard InChI is InChI=1S/C7H14N2O2/c8-6(7(10)11)5-2-1-3-9-4-5/h5-6,9H,1-4,8H2,(H,10,11)/t5-,6?/m0/s1. The van der Waals surface area contributed by atoms with Crippen molar-refractivity contribution in [1.82, 2.24) is 5.32 Å². The highest BCUT2D eigenvalue weighted by Crippen LogP contribution is 2.12. The maximum Gasteiger partial charge on any atom is 0.320 e.